The topological polar surface area (TPSA) is 68.0 Å². The third kappa shape index (κ3) is 3.72. The molecule has 0 atom stereocenters. The number of carbonyl (C=O) groups is 1. The maximum absolute atomic E-state index is 11.8. The minimum Gasteiger partial charge on any atom is -0.396 e. The van der Waals surface area contributed by atoms with Gasteiger partial charge in [0.2, 0.25) is 5.91 Å². The van der Waals surface area contributed by atoms with Crippen LogP contribution >= 0.6 is 34.5 Å². The standard InChI is InChI=1S/C13H11Cl2N3OS/c1-7-17-8(6-20-7)2-3-12(19)18-9-4-10(14)13(16)11(15)5-9/h2-6H,16H2,1H3,(H,18,19)/b3-2+. The molecule has 0 unspecified atom stereocenters. The summed E-state index contributed by atoms with van der Waals surface area (Å²) in [5, 5.41) is 6.07. The lowest BCUT2D eigenvalue weighted by molar-refractivity contribution is -0.111. The van der Waals surface area contributed by atoms with Crippen molar-refractivity contribution >= 4 is 57.9 Å². The average Bonchev–Trinajstić information content (AvgIpc) is 2.79. The quantitative estimate of drug-likeness (QED) is 0.661. The molecule has 0 radical (unpaired) electrons. The molecule has 0 saturated carbocycles. The molecule has 7 heteroatoms. The first-order valence-electron chi connectivity index (χ1n) is 5.61. The second kappa shape index (κ2) is 6.26. The van der Waals surface area contributed by atoms with E-state index >= 15 is 0 Å². The second-order valence-electron chi connectivity index (χ2n) is 3.97. The number of carbonyl (C=O) groups excluding carboxylic acids is 1. The van der Waals surface area contributed by atoms with E-state index in [9.17, 15) is 4.79 Å². The number of anilines is 2. The van der Waals surface area contributed by atoms with Crippen molar-refractivity contribution in [3.63, 3.8) is 0 Å². The van der Waals surface area contributed by atoms with Gasteiger partial charge in [-0.15, -0.1) is 11.3 Å². The van der Waals surface area contributed by atoms with Crippen molar-refractivity contribution < 1.29 is 4.79 Å². The van der Waals surface area contributed by atoms with Gasteiger partial charge < -0.3 is 11.1 Å². The zero-order valence-electron chi connectivity index (χ0n) is 10.5. The maximum atomic E-state index is 11.8. The van der Waals surface area contributed by atoms with E-state index in [-0.39, 0.29) is 5.91 Å². The fourth-order valence-corrected chi connectivity index (χ4v) is 2.53. The number of hydrogen-bond donors (Lipinski definition) is 2. The van der Waals surface area contributed by atoms with Crippen molar-refractivity contribution in [3.05, 3.63) is 44.3 Å². The molecule has 0 fully saturated rings. The minimum absolute atomic E-state index is 0.292. The van der Waals surface area contributed by atoms with E-state index in [1.807, 2.05) is 12.3 Å². The number of halogens is 2. The number of aryl methyl sites for hydroxylation is 1. The molecule has 0 spiro atoms. The Morgan fingerprint density at radius 1 is 1.40 bits per heavy atom. The predicted octanol–water partition coefficient (Wildman–Crippen LogP) is 3.99. The molecule has 104 valence electrons. The Morgan fingerprint density at radius 2 is 2.05 bits per heavy atom. The Hall–Kier alpha value is -1.56. The van der Waals surface area contributed by atoms with Crippen molar-refractivity contribution in [3.8, 4) is 0 Å². The monoisotopic (exact) mass is 327 g/mol. The molecule has 1 aromatic heterocycles. The van der Waals surface area contributed by atoms with Crippen LogP contribution in [-0.4, -0.2) is 10.9 Å². The molecule has 4 nitrogen and oxygen atoms in total. The first-order valence-corrected chi connectivity index (χ1v) is 7.25. The average molecular weight is 328 g/mol. The number of nitrogens with zero attached hydrogens (tertiary/aromatic N) is 1. The fourth-order valence-electron chi connectivity index (χ4n) is 1.46. The van der Waals surface area contributed by atoms with Crippen LogP contribution in [0, 0.1) is 6.92 Å². The molecule has 20 heavy (non-hydrogen) atoms. The number of hydrogen-bond acceptors (Lipinski definition) is 4. The van der Waals surface area contributed by atoms with Gasteiger partial charge in [-0.3, -0.25) is 4.79 Å². The van der Waals surface area contributed by atoms with E-state index in [1.165, 1.54) is 17.4 Å². The Balaban J connectivity index is 2.06. The Kier molecular flexibility index (Phi) is 4.65. The molecular weight excluding hydrogens is 317 g/mol. The van der Waals surface area contributed by atoms with E-state index in [4.69, 9.17) is 28.9 Å². The lowest BCUT2D eigenvalue weighted by atomic mass is 10.2. The van der Waals surface area contributed by atoms with Crippen LogP contribution in [-0.2, 0) is 4.79 Å². The highest BCUT2D eigenvalue weighted by Crippen LogP contribution is 2.31. The highest BCUT2D eigenvalue weighted by molar-refractivity contribution is 7.09. The Morgan fingerprint density at radius 3 is 2.60 bits per heavy atom. The van der Waals surface area contributed by atoms with Gasteiger partial charge in [0.25, 0.3) is 0 Å². The van der Waals surface area contributed by atoms with E-state index in [2.05, 4.69) is 10.3 Å². The normalized spacial score (nSPS) is 10.9. The van der Waals surface area contributed by atoms with Crippen LogP contribution < -0.4 is 11.1 Å². The number of amides is 1. The summed E-state index contributed by atoms with van der Waals surface area (Å²) in [6.07, 6.45) is 3.03. The summed E-state index contributed by atoms with van der Waals surface area (Å²) in [4.78, 5) is 16.0. The van der Waals surface area contributed by atoms with Crippen LogP contribution in [0.1, 0.15) is 10.7 Å². The molecule has 2 rings (SSSR count). The van der Waals surface area contributed by atoms with Crippen molar-refractivity contribution in [1.29, 1.82) is 0 Å². The van der Waals surface area contributed by atoms with Crippen molar-refractivity contribution in [2.45, 2.75) is 6.92 Å². The molecular formula is C13H11Cl2N3OS. The first kappa shape index (κ1) is 14.8. The van der Waals surface area contributed by atoms with Gasteiger partial charge in [0.05, 0.1) is 26.4 Å². The van der Waals surface area contributed by atoms with E-state index in [1.54, 1.807) is 18.2 Å². The summed E-state index contributed by atoms with van der Waals surface area (Å²) in [6, 6.07) is 3.09. The van der Waals surface area contributed by atoms with Crippen LogP contribution in [0.15, 0.2) is 23.6 Å². The zero-order chi connectivity index (χ0) is 14.7. The summed E-state index contributed by atoms with van der Waals surface area (Å²) >= 11 is 13.3. The number of nitrogens with two attached hydrogens (primary N) is 1. The molecule has 1 heterocycles. The summed E-state index contributed by atoms with van der Waals surface area (Å²) in [5.41, 5.74) is 7.14. The fraction of sp³-hybridized carbons (Fsp3) is 0.0769. The van der Waals surface area contributed by atoms with Crippen LogP contribution in [0.2, 0.25) is 10.0 Å². The van der Waals surface area contributed by atoms with Crippen molar-refractivity contribution in [1.82, 2.24) is 4.98 Å². The predicted molar refractivity (Wildman–Crippen MR) is 85.4 cm³/mol. The molecule has 0 aliphatic rings. The molecule has 0 saturated heterocycles. The van der Waals surface area contributed by atoms with Gasteiger partial charge in [-0.25, -0.2) is 4.98 Å². The Labute approximate surface area is 130 Å². The summed E-state index contributed by atoms with van der Waals surface area (Å²) in [5.74, 6) is -0.299. The van der Waals surface area contributed by atoms with Crippen LogP contribution in [0.3, 0.4) is 0 Å². The van der Waals surface area contributed by atoms with Crippen molar-refractivity contribution in [2.24, 2.45) is 0 Å². The van der Waals surface area contributed by atoms with Gasteiger partial charge in [0.1, 0.15) is 0 Å². The van der Waals surface area contributed by atoms with Gasteiger partial charge in [0.15, 0.2) is 0 Å². The number of thiazole rings is 1. The molecule has 1 aromatic carbocycles. The van der Waals surface area contributed by atoms with Crippen molar-refractivity contribution in [2.75, 3.05) is 11.1 Å². The third-order valence-corrected chi connectivity index (χ3v) is 3.81. The van der Waals surface area contributed by atoms with Gasteiger partial charge in [-0.05, 0) is 25.1 Å². The SMILES string of the molecule is Cc1nc(/C=C/C(=O)Nc2cc(Cl)c(N)c(Cl)c2)cs1. The van der Waals surface area contributed by atoms with Gasteiger partial charge in [-0.2, -0.15) is 0 Å². The van der Waals surface area contributed by atoms with Gasteiger partial charge in [-0.1, -0.05) is 23.2 Å². The van der Waals surface area contributed by atoms with Crippen LogP contribution in [0.5, 0.6) is 0 Å². The number of aromatic nitrogens is 1. The first-order chi connectivity index (χ1) is 9.45. The van der Waals surface area contributed by atoms with Crippen LogP contribution in [0.25, 0.3) is 6.08 Å². The molecule has 0 aliphatic carbocycles. The summed E-state index contributed by atoms with van der Waals surface area (Å²) < 4.78 is 0. The molecule has 0 aliphatic heterocycles. The third-order valence-electron chi connectivity index (χ3n) is 2.39. The molecule has 2 aromatic rings. The summed E-state index contributed by atoms with van der Waals surface area (Å²) in [6.45, 7) is 1.90. The maximum Gasteiger partial charge on any atom is 0.248 e. The van der Waals surface area contributed by atoms with E-state index < -0.39 is 0 Å². The number of nitrogens with one attached hydrogen (secondary N) is 1. The molecule has 1 amide bonds. The van der Waals surface area contributed by atoms with Gasteiger partial charge >= 0.3 is 0 Å². The second-order valence-corrected chi connectivity index (χ2v) is 5.84. The minimum atomic E-state index is -0.299. The number of rotatable bonds is 3. The van der Waals surface area contributed by atoms with Crippen LogP contribution in [0.4, 0.5) is 11.4 Å². The van der Waals surface area contributed by atoms with Gasteiger partial charge in [0, 0.05) is 17.1 Å². The lowest BCUT2D eigenvalue weighted by Gasteiger charge is -2.06. The summed E-state index contributed by atoms with van der Waals surface area (Å²) in [7, 11) is 0. The van der Waals surface area contributed by atoms with E-state index in [0.717, 1.165) is 10.7 Å². The zero-order valence-corrected chi connectivity index (χ0v) is 12.8. The van der Waals surface area contributed by atoms with E-state index in [0.29, 0.717) is 21.4 Å². The number of nitrogen functional groups attached to an aromatic ring is 1. The highest BCUT2D eigenvalue weighted by Gasteiger charge is 2.06. The Bertz CT molecular complexity index is 659. The largest absolute Gasteiger partial charge is 0.396 e. The molecule has 0 bridgehead atoms. The smallest absolute Gasteiger partial charge is 0.248 e. The number of benzene rings is 1. The molecule has 3 N–H and O–H groups in total. The highest BCUT2D eigenvalue weighted by atomic mass is 35.5. The lowest BCUT2D eigenvalue weighted by Crippen LogP contribution is -2.08.